The summed E-state index contributed by atoms with van der Waals surface area (Å²) in [6, 6.07) is 12.1. The quantitative estimate of drug-likeness (QED) is 0.826. The van der Waals surface area contributed by atoms with E-state index in [0.29, 0.717) is 0 Å². The van der Waals surface area contributed by atoms with Crippen LogP contribution in [0, 0.1) is 5.82 Å². The van der Waals surface area contributed by atoms with Gasteiger partial charge < -0.3 is 10.8 Å². The van der Waals surface area contributed by atoms with E-state index in [-0.39, 0.29) is 22.7 Å². The summed E-state index contributed by atoms with van der Waals surface area (Å²) in [5.41, 5.74) is 5.23. The summed E-state index contributed by atoms with van der Waals surface area (Å²) in [6.45, 7) is 1.35. The lowest BCUT2D eigenvalue weighted by Crippen LogP contribution is -2.10. The van der Waals surface area contributed by atoms with E-state index in [4.69, 9.17) is 10.8 Å². The highest BCUT2D eigenvalue weighted by Crippen LogP contribution is 2.13. The predicted octanol–water partition coefficient (Wildman–Crippen LogP) is 2.52. The Morgan fingerprint density at radius 2 is 1.50 bits per heavy atom. The van der Waals surface area contributed by atoms with Crippen LogP contribution in [0.4, 0.5) is 4.39 Å². The van der Waals surface area contributed by atoms with Crippen molar-refractivity contribution in [2.24, 2.45) is 5.73 Å². The molecule has 0 heterocycles. The van der Waals surface area contributed by atoms with Crippen molar-refractivity contribution in [3.05, 3.63) is 65.5 Å². The van der Waals surface area contributed by atoms with Gasteiger partial charge in [-0.15, -0.1) is 0 Å². The first-order valence-electron chi connectivity index (χ1n) is 5.76. The third-order valence-electron chi connectivity index (χ3n) is 2.42. The molecule has 0 fully saturated rings. The highest BCUT2D eigenvalue weighted by Gasteiger charge is 2.04. The van der Waals surface area contributed by atoms with E-state index in [1.54, 1.807) is 24.3 Å². The number of Topliss-reactive ketones (excluding diaryl/α,β-unsaturated/α-hetero) is 1. The molecule has 0 aromatic heterocycles. The van der Waals surface area contributed by atoms with Crippen molar-refractivity contribution in [3.8, 4) is 5.75 Å². The molecule has 4 nitrogen and oxygen atoms in total. The van der Waals surface area contributed by atoms with Gasteiger partial charge in [0.2, 0.25) is 0 Å². The van der Waals surface area contributed by atoms with Crippen LogP contribution < -0.4 is 5.73 Å². The highest BCUT2D eigenvalue weighted by atomic mass is 19.1. The number of aromatic hydroxyl groups is 1. The average Bonchev–Trinajstić information content (AvgIpc) is 2.40. The van der Waals surface area contributed by atoms with Crippen LogP contribution in [0.25, 0.3) is 0 Å². The lowest BCUT2D eigenvalue weighted by molar-refractivity contribution is 0.0993. The maximum atomic E-state index is 12.6. The van der Waals surface area contributed by atoms with Gasteiger partial charge in [0.05, 0.1) is 11.1 Å². The van der Waals surface area contributed by atoms with Gasteiger partial charge in [0, 0.05) is 0 Å². The first kappa shape index (κ1) is 15.4. The molecule has 0 atom stereocenters. The molecule has 104 valence electrons. The summed E-state index contributed by atoms with van der Waals surface area (Å²) in [6.07, 6.45) is 0. The van der Waals surface area contributed by atoms with E-state index >= 15 is 0 Å². The molecule has 20 heavy (non-hydrogen) atoms. The molecular weight excluding hydrogens is 261 g/mol. The van der Waals surface area contributed by atoms with Crippen molar-refractivity contribution in [1.82, 2.24) is 0 Å². The third-order valence-corrected chi connectivity index (χ3v) is 2.42. The van der Waals surface area contributed by atoms with Crippen LogP contribution >= 0.6 is 0 Å². The molecule has 0 radical (unpaired) electrons. The molecule has 0 aliphatic rings. The number of amides is 1. The third kappa shape index (κ3) is 4.20. The smallest absolute Gasteiger partial charge is 0.252 e. The molecule has 2 rings (SSSR count). The summed E-state index contributed by atoms with van der Waals surface area (Å²) in [5.74, 6) is -1.37. The van der Waals surface area contributed by atoms with Crippen LogP contribution in [0.2, 0.25) is 0 Å². The fourth-order valence-corrected chi connectivity index (χ4v) is 1.43. The Morgan fingerprint density at radius 1 is 1.00 bits per heavy atom. The molecule has 5 heteroatoms. The van der Waals surface area contributed by atoms with Gasteiger partial charge in [-0.2, -0.15) is 0 Å². The van der Waals surface area contributed by atoms with Crippen molar-refractivity contribution in [2.45, 2.75) is 6.92 Å². The van der Waals surface area contributed by atoms with Crippen molar-refractivity contribution in [2.75, 3.05) is 0 Å². The number of primary amides is 1. The van der Waals surface area contributed by atoms with Crippen LogP contribution in [0.3, 0.4) is 0 Å². The standard InChI is InChI=1S/C8H7FO.C7H7NO2/c1-6(10)7-4-2-3-5-8(7)9;8-7(10)5-3-1-2-4-6(5)9/h2-5H,1H3;1-4,9H,(H2,8,10). The molecule has 1 amide bonds. The Balaban J connectivity index is 0.000000200. The Kier molecular flexibility index (Phi) is 5.41. The molecular formula is C15H14FNO3. The largest absolute Gasteiger partial charge is 0.507 e. The number of ketones is 1. The zero-order valence-electron chi connectivity index (χ0n) is 10.8. The topological polar surface area (TPSA) is 80.4 Å². The SMILES string of the molecule is CC(=O)c1ccccc1F.NC(=O)c1ccccc1O. The fourth-order valence-electron chi connectivity index (χ4n) is 1.43. The van der Waals surface area contributed by atoms with Gasteiger partial charge in [0.1, 0.15) is 11.6 Å². The first-order chi connectivity index (χ1) is 9.43. The van der Waals surface area contributed by atoms with E-state index in [1.807, 2.05) is 0 Å². The van der Waals surface area contributed by atoms with Gasteiger partial charge in [-0.25, -0.2) is 4.39 Å². The molecule has 0 saturated carbocycles. The highest BCUT2D eigenvalue weighted by molar-refractivity contribution is 5.95. The molecule has 0 aliphatic carbocycles. The van der Waals surface area contributed by atoms with Crippen LogP contribution in [0.1, 0.15) is 27.6 Å². The molecule has 0 bridgehead atoms. The van der Waals surface area contributed by atoms with Crippen molar-refractivity contribution < 1.29 is 19.1 Å². The number of hydrogen-bond acceptors (Lipinski definition) is 3. The summed E-state index contributed by atoms with van der Waals surface area (Å²) < 4.78 is 12.6. The van der Waals surface area contributed by atoms with E-state index < -0.39 is 11.7 Å². The number of carbonyl (C=O) groups is 2. The zero-order chi connectivity index (χ0) is 15.1. The maximum Gasteiger partial charge on any atom is 0.252 e. The number of phenols is 1. The number of para-hydroxylation sites is 1. The Bertz CT molecular complexity index is 571. The van der Waals surface area contributed by atoms with Crippen LogP contribution in [0.15, 0.2) is 48.5 Å². The van der Waals surface area contributed by atoms with Crippen molar-refractivity contribution in [1.29, 1.82) is 0 Å². The van der Waals surface area contributed by atoms with Crippen LogP contribution in [0.5, 0.6) is 5.75 Å². The minimum atomic E-state index is -0.613. The fraction of sp³-hybridized carbons (Fsp3) is 0.0667. The van der Waals surface area contributed by atoms with Crippen molar-refractivity contribution in [3.63, 3.8) is 0 Å². The molecule has 0 unspecified atom stereocenters. The molecule has 2 aromatic carbocycles. The van der Waals surface area contributed by atoms with E-state index in [0.717, 1.165) is 0 Å². The monoisotopic (exact) mass is 275 g/mol. The second-order valence-electron chi connectivity index (χ2n) is 3.92. The second-order valence-corrected chi connectivity index (χ2v) is 3.92. The molecule has 3 N–H and O–H groups in total. The summed E-state index contributed by atoms with van der Waals surface area (Å²) in [5, 5.41) is 8.98. The number of rotatable bonds is 2. The van der Waals surface area contributed by atoms with E-state index in [1.165, 1.54) is 31.2 Å². The molecule has 0 saturated heterocycles. The number of halogens is 1. The number of carbonyl (C=O) groups excluding carboxylic acids is 2. The van der Waals surface area contributed by atoms with Crippen molar-refractivity contribution >= 4 is 11.7 Å². The minimum Gasteiger partial charge on any atom is -0.507 e. The first-order valence-corrected chi connectivity index (χ1v) is 5.76. The maximum absolute atomic E-state index is 12.6. The lowest BCUT2D eigenvalue weighted by atomic mass is 10.1. The number of benzene rings is 2. The Hall–Kier alpha value is -2.69. The summed E-state index contributed by atoms with van der Waals surface area (Å²) in [4.78, 5) is 21.1. The van der Waals surface area contributed by atoms with Gasteiger partial charge in [-0.3, -0.25) is 9.59 Å². The lowest BCUT2D eigenvalue weighted by Gasteiger charge is -1.96. The Labute approximate surface area is 115 Å². The van der Waals surface area contributed by atoms with Gasteiger partial charge in [0.25, 0.3) is 5.91 Å². The van der Waals surface area contributed by atoms with Gasteiger partial charge in [-0.05, 0) is 31.2 Å². The number of hydrogen-bond donors (Lipinski definition) is 2. The Morgan fingerprint density at radius 3 is 1.85 bits per heavy atom. The molecule has 2 aromatic rings. The second kappa shape index (κ2) is 7.04. The molecule has 0 spiro atoms. The van der Waals surface area contributed by atoms with Gasteiger partial charge >= 0.3 is 0 Å². The average molecular weight is 275 g/mol. The predicted molar refractivity (Wildman–Crippen MR) is 73.0 cm³/mol. The zero-order valence-corrected chi connectivity index (χ0v) is 10.8. The van der Waals surface area contributed by atoms with Crippen LogP contribution in [-0.4, -0.2) is 16.8 Å². The van der Waals surface area contributed by atoms with E-state index in [2.05, 4.69) is 0 Å². The number of nitrogens with two attached hydrogens (primary N) is 1. The normalized spacial score (nSPS) is 9.30. The molecule has 0 aliphatic heterocycles. The van der Waals surface area contributed by atoms with E-state index in [9.17, 15) is 14.0 Å². The summed E-state index contributed by atoms with van der Waals surface area (Å²) >= 11 is 0. The van der Waals surface area contributed by atoms with Gasteiger partial charge in [0.15, 0.2) is 5.78 Å². The summed E-state index contributed by atoms with van der Waals surface area (Å²) in [7, 11) is 0. The van der Waals surface area contributed by atoms with Gasteiger partial charge in [-0.1, -0.05) is 24.3 Å². The van der Waals surface area contributed by atoms with Crippen LogP contribution in [-0.2, 0) is 0 Å². The minimum absolute atomic E-state index is 0.0741.